The van der Waals surface area contributed by atoms with Gasteiger partial charge in [0.15, 0.2) is 0 Å². The number of hydrazone groups is 1. The van der Waals surface area contributed by atoms with E-state index in [0.717, 1.165) is 28.2 Å². The van der Waals surface area contributed by atoms with Crippen LogP contribution in [-0.2, 0) is 9.59 Å². The van der Waals surface area contributed by atoms with Crippen molar-refractivity contribution >= 4 is 17.5 Å². The van der Waals surface area contributed by atoms with Crippen molar-refractivity contribution < 1.29 is 14.3 Å². The molecule has 0 radical (unpaired) electrons. The zero-order valence-corrected chi connectivity index (χ0v) is 20.3. The first-order valence-electron chi connectivity index (χ1n) is 12.1. The van der Waals surface area contributed by atoms with Crippen LogP contribution in [0.4, 0.5) is 0 Å². The minimum absolute atomic E-state index is 0.0308. The monoisotopic (exact) mass is 462 g/mol. The fourth-order valence-electron chi connectivity index (χ4n) is 4.80. The van der Waals surface area contributed by atoms with E-state index in [1.807, 2.05) is 31.2 Å². The number of carbonyl (C=O) groups is 2. The molecule has 0 saturated carbocycles. The van der Waals surface area contributed by atoms with Crippen molar-refractivity contribution in [2.45, 2.75) is 46.1 Å². The van der Waals surface area contributed by atoms with E-state index in [9.17, 15) is 9.59 Å². The molecule has 1 fully saturated rings. The molecule has 180 valence electrons. The van der Waals surface area contributed by atoms with Crippen molar-refractivity contribution in [1.82, 2.24) is 9.91 Å². The summed E-state index contributed by atoms with van der Waals surface area (Å²) >= 11 is 0. The van der Waals surface area contributed by atoms with Gasteiger partial charge in [-0.3, -0.25) is 14.5 Å². The maximum Gasteiger partial charge on any atom is 0.257 e. The highest BCUT2D eigenvalue weighted by molar-refractivity contribution is 6.04. The highest BCUT2D eigenvalue weighted by atomic mass is 16.5. The van der Waals surface area contributed by atoms with Crippen LogP contribution in [0.2, 0.25) is 0 Å². The third kappa shape index (κ3) is 5.30. The first-order chi connectivity index (χ1) is 16.4. The summed E-state index contributed by atoms with van der Waals surface area (Å²) in [7, 11) is 0. The Bertz CT molecular complexity index is 1070. The summed E-state index contributed by atoms with van der Waals surface area (Å²) in [6.07, 6.45) is 2.05. The number of primary amides is 1. The third-order valence-corrected chi connectivity index (χ3v) is 6.79. The van der Waals surface area contributed by atoms with E-state index in [4.69, 9.17) is 15.6 Å². The molecule has 2 N–H and O–H groups in total. The highest BCUT2D eigenvalue weighted by Crippen LogP contribution is 2.34. The van der Waals surface area contributed by atoms with E-state index in [0.29, 0.717) is 39.0 Å². The standard InChI is InChI=1S/C27H34N4O3/c1-4-34-22-9-7-20(8-10-22)25-16-24(23-15-18(2)5-6-19(23)3)29-31(25)26(32)17-30-13-11-21(12-14-30)27(28)33/h5-10,15,21,25H,4,11-14,16-17H2,1-3H3,(H2,28,33)/t25-/m0/s1. The van der Waals surface area contributed by atoms with Gasteiger partial charge in [-0.25, -0.2) is 5.01 Å². The van der Waals surface area contributed by atoms with Crippen molar-refractivity contribution in [2.75, 3.05) is 26.2 Å². The lowest BCUT2D eigenvalue weighted by Crippen LogP contribution is -2.43. The zero-order chi connectivity index (χ0) is 24.2. The molecular weight excluding hydrogens is 428 g/mol. The Balaban J connectivity index is 1.57. The fourth-order valence-corrected chi connectivity index (χ4v) is 4.80. The zero-order valence-electron chi connectivity index (χ0n) is 20.3. The molecule has 1 atom stereocenters. The molecule has 7 heteroatoms. The van der Waals surface area contributed by atoms with Crippen molar-refractivity contribution in [3.8, 4) is 5.75 Å². The normalized spacial score (nSPS) is 19.2. The van der Waals surface area contributed by atoms with Crippen LogP contribution in [0.1, 0.15) is 54.5 Å². The molecule has 2 heterocycles. The molecule has 0 aliphatic carbocycles. The summed E-state index contributed by atoms with van der Waals surface area (Å²) in [5.74, 6) is 0.444. The van der Waals surface area contributed by atoms with Gasteiger partial charge in [0.2, 0.25) is 5.91 Å². The second-order valence-electron chi connectivity index (χ2n) is 9.28. The fraction of sp³-hybridized carbons (Fsp3) is 0.444. The second kappa shape index (κ2) is 10.4. The molecule has 7 nitrogen and oxygen atoms in total. The summed E-state index contributed by atoms with van der Waals surface area (Å²) in [4.78, 5) is 27.1. The maximum atomic E-state index is 13.5. The van der Waals surface area contributed by atoms with Crippen LogP contribution < -0.4 is 10.5 Å². The van der Waals surface area contributed by atoms with Crippen LogP contribution in [0.15, 0.2) is 47.6 Å². The molecule has 0 unspecified atom stereocenters. The number of aryl methyl sites for hydroxylation is 2. The van der Waals surface area contributed by atoms with Gasteiger partial charge in [-0.1, -0.05) is 29.8 Å². The SMILES string of the molecule is CCOc1ccc([C@@H]2CC(c3cc(C)ccc3C)=NN2C(=O)CN2CCC(C(N)=O)CC2)cc1. The Hall–Kier alpha value is -3.19. The van der Waals surface area contributed by atoms with Gasteiger partial charge in [-0.05, 0) is 76.0 Å². The van der Waals surface area contributed by atoms with Gasteiger partial charge in [-0.2, -0.15) is 5.10 Å². The van der Waals surface area contributed by atoms with Crippen molar-refractivity contribution in [3.05, 3.63) is 64.7 Å². The van der Waals surface area contributed by atoms with E-state index in [1.54, 1.807) is 5.01 Å². The molecule has 0 aromatic heterocycles. The minimum atomic E-state index is -0.246. The lowest BCUT2D eigenvalue weighted by atomic mass is 9.95. The highest BCUT2D eigenvalue weighted by Gasteiger charge is 2.35. The van der Waals surface area contributed by atoms with E-state index < -0.39 is 0 Å². The second-order valence-corrected chi connectivity index (χ2v) is 9.28. The summed E-state index contributed by atoms with van der Waals surface area (Å²) in [6, 6.07) is 14.1. The van der Waals surface area contributed by atoms with E-state index in [-0.39, 0.29) is 30.3 Å². The minimum Gasteiger partial charge on any atom is -0.494 e. The predicted octanol–water partition coefficient (Wildman–Crippen LogP) is 3.58. The van der Waals surface area contributed by atoms with Gasteiger partial charge in [-0.15, -0.1) is 0 Å². The smallest absolute Gasteiger partial charge is 0.257 e. The maximum absolute atomic E-state index is 13.5. The largest absolute Gasteiger partial charge is 0.494 e. The van der Waals surface area contributed by atoms with Gasteiger partial charge < -0.3 is 10.5 Å². The Labute approximate surface area is 201 Å². The molecule has 2 aromatic carbocycles. The van der Waals surface area contributed by atoms with Gasteiger partial charge >= 0.3 is 0 Å². The van der Waals surface area contributed by atoms with Crippen molar-refractivity contribution in [3.63, 3.8) is 0 Å². The number of rotatable bonds is 7. The number of carbonyl (C=O) groups excluding carboxylic acids is 2. The van der Waals surface area contributed by atoms with Crippen LogP contribution in [-0.4, -0.2) is 53.7 Å². The molecule has 0 spiro atoms. The van der Waals surface area contributed by atoms with Crippen LogP contribution in [0.25, 0.3) is 0 Å². The van der Waals surface area contributed by atoms with Crippen LogP contribution in [0.3, 0.4) is 0 Å². The molecule has 1 saturated heterocycles. The third-order valence-electron chi connectivity index (χ3n) is 6.79. The molecule has 2 aliphatic heterocycles. The van der Waals surface area contributed by atoms with Gasteiger partial charge in [0, 0.05) is 17.9 Å². The van der Waals surface area contributed by atoms with Crippen LogP contribution >= 0.6 is 0 Å². The first-order valence-corrected chi connectivity index (χ1v) is 12.1. The molecular formula is C27H34N4O3. The molecule has 34 heavy (non-hydrogen) atoms. The van der Waals surface area contributed by atoms with Gasteiger partial charge in [0.1, 0.15) is 5.75 Å². The van der Waals surface area contributed by atoms with E-state index >= 15 is 0 Å². The van der Waals surface area contributed by atoms with Gasteiger partial charge in [0.25, 0.3) is 5.91 Å². The van der Waals surface area contributed by atoms with E-state index in [1.165, 1.54) is 5.56 Å². The van der Waals surface area contributed by atoms with Crippen LogP contribution in [0.5, 0.6) is 5.75 Å². The lowest BCUT2D eigenvalue weighted by molar-refractivity contribution is -0.134. The summed E-state index contributed by atoms with van der Waals surface area (Å²) in [5.41, 5.74) is 10.8. The number of hydrogen-bond acceptors (Lipinski definition) is 5. The molecule has 2 aromatic rings. The lowest BCUT2D eigenvalue weighted by Gasteiger charge is -2.31. The number of likely N-dealkylation sites (tertiary alicyclic amines) is 1. The van der Waals surface area contributed by atoms with Gasteiger partial charge in [0.05, 0.1) is 24.9 Å². The predicted molar refractivity (Wildman–Crippen MR) is 133 cm³/mol. The summed E-state index contributed by atoms with van der Waals surface area (Å²) < 4.78 is 5.59. The number of amides is 2. The number of nitrogens with two attached hydrogens (primary N) is 1. The Morgan fingerprint density at radius 3 is 2.44 bits per heavy atom. The Morgan fingerprint density at radius 2 is 1.79 bits per heavy atom. The quantitative estimate of drug-likeness (QED) is 0.681. The molecule has 2 amide bonds. The van der Waals surface area contributed by atoms with Crippen LogP contribution in [0, 0.1) is 19.8 Å². The summed E-state index contributed by atoms with van der Waals surface area (Å²) in [6.45, 7) is 8.38. The van der Waals surface area contributed by atoms with Crippen molar-refractivity contribution in [1.29, 1.82) is 0 Å². The Kier molecular flexibility index (Phi) is 7.32. The molecule has 4 rings (SSSR count). The topological polar surface area (TPSA) is 88.2 Å². The van der Waals surface area contributed by atoms with Crippen molar-refractivity contribution in [2.24, 2.45) is 16.8 Å². The van der Waals surface area contributed by atoms with E-state index in [2.05, 4.69) is 36.9 Å². The average Bonchev–Trinajstić information content (AvgIpc) is 3.27. The summed E-state index contributed by atoms with van der Waals surface area (Å²) in [5, 5.41) is 6.51. The number of ether oxygens (including phenoxy) is 1. The molecule has 0 bridgehead atoms. The number of hydrogen-bond donors (Lipinski definition) is 1. The average molecular weight is 463 g/mol. The Morgan fingerprint density at radius 1 is 1.09 bits per heavy atom. The first kappa shape index (κ1) is 24.0. The number of piperidine rings is 1. The number of nitrogens with zero attached hydrogens (tertiary/aromatic N) is 3. The number of benzene rings is 2. The molecule has 2 aliphatic rings.